The summed E-state index contributed by atoms with van der Waals surface area (Å²) in [6.45, 7) is 1.91. The zero-order chi connectivity index (χ0) is 26.2. The van der Waals surface area contributed by atoms with Crippen LogP contribution in [0.3, 0.4) is 0 Å². The summed E-state index contributed by atoms with van der Waals surface area (Å²) in [5.74, 6) is -2.53. The van der Waals surface area contributed by atoms with E-state index in [2.05, 4.69) is 15.2 Å². The zero-order valence-electron chi connectivity index (χ0n) is 20.8. The average molecular weight is 507 g/mol. The maximum absolute atomic E-state index is 13.3. The number of fused-ring (bicyclic) bond motifs is 5. The van der Waals surface area contributed by atoms with Crippen LogP contribution in [-0.4, -0.2) is 53.3 Å². The van der Waals surface area contributed by atoms with E-state index in [-0.39, 0.29) is 12.3 Å². The van der Waals surface area contributed by atoms with E-state index in [0.29, 0.717) is 57.7 Å². The first kappa shape index (κ1) is 26.2. The molecule has 9 heteroatoms. The first-order valence-electron chi connectivity index (χ1n) is 12.7. The number of hydrogen-bond acceptors (Lipinski definition) is 5. The lowest BCUT2D eigenvalue weighted by Crippen LogP contribution is -2.50. The molecule has 0 saturated heterocycles. The van der Waals surface area contributed by atoms with Crippen molar-refractivity contribution in [1.29, 1.82) is 0 Å². The number of nitrogens with zero attached hydrogens (tertiary/aromatic N) is 1. The van der Waals surface area contributed by atoms with Crippen molar-refractivity contribution in [1.82, 2.24) is 15.2 Å². The van der Waals surface area contributed by atoms with Crippen LogP contribution in [-0.2, 0) is 38.5 Å². The molecule has 0 spiro atoms. The molecule has 37 heavy (non-hydrogen) atoms. The van der Waals surface area contributed by atoms with Crippen LogP contribution in [0.15, 0.2) is 54.7 Å². The van der Waals surface area contributed by atoms with Crippen LogP contribution in [0, 0.1) is 5.92 Å². The quantitative estimate of drug-likeness (QED) is 0.347. The van der Waals surface area contributed by atoms with Crippen molar-refractivity contribution >= 4 is 34.4 Å². The lowest BCUT2D eigenvalue weighted by molar-refractivity contribution is -0.141. The lowest BCUT2D eigenvalue weighted by Gasteiger charge is -2.22. The molecule has 4 rings (SSSR count). The van der Waals surface area contributed by atoms with E-state index in [9.17, 15) is 19.5 Å². The summed E-state index contributed by atoms with van der Waals surface area (Å²) < 4.78 is 7.77. The highest BCUT2D eigenvalue weighted by Crippen LogP contribution is 2.23. The summed E-state index contributed by atoms with van der Waals surface area (Å²) in [6, 6.07) is 14.6. The smallest absolute Gasteiger partial charge is 0.304 e. The molecule has 9 nitrogen and oxygen atoms in total. The van der Waals surface area contributed by atoms with Crippen molar-refractivity contribution in [2.75, 3.05) is 25.5 Å². The second kappa shape index (κ2) is 12.4. The highest BCUT2D eigenvalue weighted by atomic mass is 16.5. The predicted molar refractivity (Wildman–Crippen MR) is 141 cm³/mol. The minimum atomic E-state index is -1.05. The van der Waals surface area contributed by atoms with Crippen molar-refractivity contribution in [2.24, 2.45) is 5.92 Å². The standard InChI is InChI=1S/C28H34N4O5/c29-22-10-8-19(9-11-22)4-3-5-20(17-26(33)34)27(35)31-24-16-21-18-32(25-7-2-1-6-23(21)25)13-15-37-14-12-30-28(24)36/h1-2,6-11,18,20,24H,3-5,12-17,29H2,(H,30,36)(H,31,35)(H,33,34)/t20-,24?/m1/s1. The van der Waals surface area contributed by atoms with Crippen LogP contribution in [0.2, 0.25) is 0 Å². The number of para-hydroxylation sites is 1. The fourth-order valence-electron chi connectivity index (χ4n) is 4.80. The Hall–Kier alpha value is -3.85. The largest absolute Gasteiger partial charge is 0.481 e. The van der Waals surface area contributed by atoms with E-state index in [1.165, 1.54) is 0 Å². The van der Waals surface area contributed by atoms with Crippen molar-refractivity contribution < 1.29 is 24.2 Å². The van der Waals surface area contributed by atoms with Crippen molar-refractivity contribution in [3.63, 3.8) is 0 Å². The number of carboxylic acid groups (broad SMARTS) is 1. The first-order valence-corrected chi connectivity index (χ1v) is 12.7. The normalized spacial score (nSPS) is 17.3. The number of rotatable bonds is 8. The molecule has 2 atom stereocenters. The maximum Gasteiger partial charge on any atom is 0.304 e. The molecule has 2 heterocycles. The number of aryl methyl sites for hydroxylation is 1. The summed E-state index contributed by atoms with van der Waals surface area (Å²) in [4.78, 5) is 37.9. The number of hydrogen-bond donors (Lipinski definition) is 4. The van der Waals surface area contributed by atoms with Gasteiger partial charge in [0, 0.05) is 48.2 Å². The van der Waals surface area contributed by atoms with Crippen LogP contribution >= 0.6 is 0 Å². The minimum absolute atomic E-state index is 0.297. The number of nitrogens with one attached hydrogen (secondary N) is 2. The monoisotopic (exact) mass is 506 g/mol. The van der Waals surface area contributed by atoms with E-state index in [1.807, 2.05) is 54.7 Å². The molecule has 0 radical (unpaired) electrons. The number of nitrogens with two attached hydrogens (primary N) is 1. The topological polar surface area (TPSA) is 136 Å². The van der Waals surface area contributed by atoms with Gasteiger partial charge in [0.25, 0.3) is 0 Å². The van der Waals surface area contributed by atoms with Gasteiger partial charge in [-0.05, 0) is 48.6 Å². The van der Waals surface area contributed by atoms with Crippen LogP contribution in [0.1, 0.15) is 30.4 Å². The van der Waals surface area contributed by atoms with E-state index in [4.69, 9.17) is 10.5 Å². The molecule has 1 unspecified atom stereocenters. The number of aromatic nitrogens is 1. The highest BCUT2D eigenvalue weighted by molar-refractivity contribution is 5.91. The molecule has 0 fully saturated rings. The van der Waals surface area contributed by atoms with E-state index in [1.54, 1.807) is 0 Å². The van der Waals surface area contributed by atoms with Crippen molar-refractivity contribution in [2.45, 2.75) is 44.7 Å². The number of benzene rings is 2. The highest BCUT2D eigenvalue weighted by Gasteiger charge is 2.28. The fraction of sp³-hybridized carbons (Fsp3) is 0.393. The molecule has 2 amide bonds. The van der Waals surface area contributed by atoms with E-state index >= 15 is 0 Å². The lowest BCUT2D eigenvalue weighted by atomic mass is 9.94. The Morgan fingerprint density at radius 3 is 2.73 bits per heavy atom. The third-order valence-corrected chi connectivity index (χ3v) is 6.74. The van der Waals surface area contributed by atoms with Crippen molar-refractivity contribution in [3.8, 4) is 0 Å². The Kier molecular flexibility index (Phi) is 8.79. The van der Waals surface area contributed by atoms with Crippen LogP contribution in [0.25, 0.3) is 10.9 Å². The molecule has 0 aliphatic carbocycles. The molecule has 5 N–H and O–H groups in total. The van der Waals surface area contributed by atoms with Crippen LogP contribution < -0.4 is 16.4 Å². The summed E-state index contributed by atoms with van der Waals surface area (Å²) in [5, 5.41) is 16.2. The molecule has 196 valence electrons. The molecule has 2 aromatic carbocycles. The van der Waals surface area contributed by atoms with Gasteiger partial charge < -0.3 is 30.8 Å². The zero-order valence-corrected chi connectivity index (χ0v) is 20.8. The van der Waals surface area contributed by atoms with Gasteiger partial charge in [0.2, 0.25) is 11.8 Å². The second-order valence-corrected chi connectivity index (χ2v) is 9.46. The van der Waals surface area contributed by atoms with Gasteiger partial charge in [-0.25, -0.2) is 0 Å². The number of ether oxygens (including phenoxy) is 1. The molecule has 3 aromatic rings. The van der Waals surface area contributed by atoms with Crippen LogP contribution in [0.5, 0.6) is 0 Å². The fourth-order valence-corrected chi connectivity index (χ4v) is 4.80. The number of carbonyl (C=O) groups excluding carboxylic acids is 2. The van der Waals surface area contributed by atoms with E-state index in [0.717, 1.165) is 22.0 Å². The average Bonchev–Trinajstić information content (AvgIpc) is 3.22. The molecule has 1 aliphatic rings. The third-order valence-electron chi connectivity index (χ3n) is 6.74. The Bertz CT molecular complexity index is 1240. The van der Waals surface area contributed by atoms with Gasteiger partial charge in [0.15, 0.2) is 0 Å². The van der Waals surface area contributed by atoms with E-state index < -0.39 is 23.8 Å². The van der Waals surface area contributed by atoms with Gasteiger partial charge in [0.1, 0.15) is 6.04 Å². The Morgan fingerprint density at radius 1 is 1.16 bits per heavy atom. The van der Waals surface area contributed by atoms with Gasteiger partial charge in [-0.2, -0.15) is 0 Å². The molecule has 0 saturated carbocycles. The Balaban J connectivity index is 1.49. The maximum atomic E-state index is 13.3. The number of aliphatic carboxylic acids is 1. The number of nitrogen functional groups attached to an aromatic ring is 1. The first-order chi connectivity index (χ1) is 17.9. The molecular weight excluding hydrogens is 472 g/mol. The predicted octanol–water partition coefficient (Wildman–Crippen LogP) is 2.51. The third kappa shape index (κ3) is 7.10. The van der Waals surface area contributed by atoms with Crippen LogP contribution in [0.4, 0.5) is 5.69 Å². The molecular formula is C28H34N4O5. The number of anilines is 1. The number of carbonyl (C=O) groups is 3. The molecule has 1 aliphatic heterocycles. The Morgan fingerprint density at radius 2 is 1.95 bits per heavy atom. The molecule has 2 bridgehead atoms. The second-order valence-electron chi connectivity index (χ2n) is 9.46. The van der Waals surface area contributed by atoms with Gasteiger partial charge in [0.05, 0.1) is 19.6 Å². The number of carboxylic acids is 1. The minimum Gasteiger partial charge on any atom is -0.481 e. The summed E-state index contributed by atoms with van der Waals surface area (Å²) in [5.41, 5.74) is 9.47. The van der Waals surface area contributed by atoms with Gasteiger partial charge >= 0.3 is 5.97 Å². The summed E-state index contributed by atoms with van der Waals surface area (Å²) in [7, 11) is 0. The number of amides is 2. The van der Waals surface area contributed by atoms with Gasteiger partial charge in [-0.3, -0.25) is 14.4 Å². The Labute approximate surface area is 216 Å². The summed E-state index contributed by atoms with van der Waals surface area (Å²) >= 11 is 0. The van der Waals surface area contributed by atoms with Gasteiger partial charge in [-0.1, -0.05) is 30.3 Å². The van der Waals surface area contributed by atoms with Gasteiger partial charge in [-0.15, -0.1) is 0 Å². The summed E-state index contributed by atoms with van der Waals surface area (Å²) in [6.07, 6.45) is 3.74. The SMILES string of the molecule is Nc1ccc(CCC[C@H](CC(=O)O)C(=O)NC2Cc3cn(c4ccccc34)CCOCCNC2=O)cc1. The molecule has 1 aromatic heterocycles. The van der Waals surface area contributed by atoms with Crippen molar-refractivity contribution in [3.05, 3.63) is 65.9 Å².